The summed E-state index contributed by atoms with van der Waals surface area (Å²) in [6.07, 6.45) is 0. The fourth-order valence-corrected chi connectivity index (χ4v) is 2.17. The predicted octanol–water partition coefficient (Wildman–Crippen LogP) is 1.58. The number of rotatable bonds is 7. The van der Waals surface area contributed by atoms with Crippen molar-refractivity contribution in [1.82, 2.24) is 20.3 Å². The molecule has 0 saturated carbocycles. The lowest BCUT2D eigenvalue weighted by Crippen LogP contribution is -2.19. The van der Waals surface area contributed by atoms with Gasteiger partial charge in [-0.3, -0.25) is 4.68 Å². The molecule has 20 heavy (non-hydrogen) atoms. The van der Waals surface area contributed by atoms with Gasteiger partial charge in [-0.05, 0) is 20.8 Å². The standard InChI is InChI=1S/C14H22N4O2/c1-10-7-13(20-17-10)9-18-12(3)14(11(2)16-18)8-15-5-6-19-4/h7,15H,5-6,8-9H2,1-4H3. The first-order valence-corrected chi connectivity index (χ1v) is 6.76. The molecule has 0 spiro atoms. The van der Waals surface area contributed by atoms with Crippen LogP contribution in [0.15, 0.2) is 10.6 Å². The van der Waals surface area contributed by atoms with Crippen LogP contribution < -0.4 is 5.32 Å². The molecule has 6 nitrogen and oxygen atoms in total. The maximum atomic E-state index is 5.24. The highest BCUT2D eigenvalue weighted by molar-refractivity contribution is 5.25. The van der Waals surface area contributed by atoms with Crippen molar-refractivity contribution in [2.24, 2.45) is 0 Å². The highest BCUT2D eigenvalue weighted by atomic mass is 16.5. The van der Waals surface area contributed by atoms with Gasteiger partial charge in [0.25, 0.3) is 0 Å². The molecule has 0 radical (unpaired) electrons. The molecule has 0 saturated heterocycles. The third-order valence-electron chi connectivity index (χ3n) is 3.30. The van der Waals surface area contributed by atoms with E-state index in [1.165, 1.54) is 5.56 Å². The fourth-order valence-electron chi connectivity index (χ4n) is 2.17. The van der Waals surface area contributed by atoms with E-state index in [1.54, 1.807) is 7.11 Å². The van der Waals surface area contributed by atoms with Crippen molar-refractivity contribution in [3.8, 4) is 0 Å². The Balaban J connectivity index is 2.04. The van der Waals surface area contributed by atoms with Gasteiger partial charge >= 0.3 is 0 Å². The van der Waals surface area contributed by atoms with Crippen LogP contribution in [0.5, 0.6) is 0 Å². The molecule has 0 fully saturated rings. The SMILES string of the molecule is COCCNCc1c(C)nn(Cc2cc(C)no2)c1C. The molecule has 0 aromatic carbocycles. The van der Waals surface area contributed by atoms with Gasteiger partial charge in [-0.15, -0.1) is 0 Å². The van der Waals surface area contributed by atoms with Crippen LogP contribution in [0.2, 0.25) is 0 Å². The second kappa shape index (κ2) is 6.67. The maximum Gasteiger partial charge on any atom is 0.158 e. The van der Waals surface area contributed by atoms with Gasteiger partial charge in [-0.25, -0.2) is 0 Å². The van der Waals surface area contributed by atoms with E-state index in [9.17, 15) is 0 Å². The van der Waals surface area contributed by atoms with E-state index >= 15 is 0 Å². The van der Waals surface area contributed by atoms with Crippen LogP contribution >= 0.6 is 0 Å². The molecule has 0 amide bonds. The van der Waals surface area contributed by atoms with Crippen molar-refractivity contribution in [2.75, 3.05) is 20.3 Å². The summed E-state index contributed by atoms with van der Waals surface area (Å²) in [5, 5.41) is 11.8. The molecular weight excluding hydrogens is 256 g/mol. The van der Waals surface area contributed by atoms with Gasteiger partial charge in [0.15, 0.2) is 5.76 Å². The van der Waals surface area contributed by atoms with Crippen LogP contribution in [0.1, 0.15) is 28.4 Å². The maximum absolute atomic E-state index is 5.24. The summed E-state index contributed by atoms with van der Waals surface area (Å²) in [5.41, 5.74) is 4.32. The van der Waals surface area contributed by atoms with Crippen molar-refractivity contribution in [3.63, 3.8) is 0 Å². The first kappa shape index (κ1) is 14.7. The van der Waals surface area contributed by atoms with E-state index in [4.69, 9.17) is 9.26 Å². The van der Waals surface area contributed by atoms with Gasteiger partial charge in [0.2, 0.25) is 0 Å². The lowest BCUT2D eigenvalue weighted by atomic mass is 10.2. The van der Waals surface area contributed by atoms with Gasteiger partial charge in [0, 0.05) is 37.5 Å². The second-order valence-electron chi connectivity index (χ2n) is 4.91. The van der Waals surface area contributed by atoms with Gasteiger partial charge in [-0.1, -0.05) is 5.16 Å². The average Bonchev–Trinajstić information content (AvgIpc) is 2.93. The van der Waals surface area contributed by atoms with E-state index in [0.29, 0.717) is 13.2 Å². The first-order valence-electron chi connectivity index (χ1n) is 6.76. The van der Waals surface area contributed by atoms with Crippen LogP contribution in [0, 0.1) is 20.8 Å². The molecule has 2 aromatic rings. The topological polar surface area (TPSA) is 65.1 Å². The summed E-state index contributed by atoms with van der Waals surface area (Å²) in [7, 11) is 1.70. The van der Waals surface area contributed by atoms with Crippen LogP contribution in [0.3, 0.4) is 0 Å². The van der Waals surface area contributed by atoms with Crippen LogP contribution in [0.25, 0.3) is 0 Å². The largest absolute Gasteiger partial charge is 0.383 e. The number of ether oxygens (including phenoxy) is 1. The van der Waals surface area contributed by atoms with Crippen molar-refractivity contribution < 1.29 is 9.26 Å². The van der Waals surface area contributed by atoms with Crippen LogP contribution in [-0.2, 0) is 17.8 Å². The van der Waals surface area contributed by atoms with Crippen molar-refractivity contribution >= 4 is 0 Å². The third-order valence-corrected chi connectivity index (χ3v) is 3.30. The Morgan fingerprint density at radius 1 is 1.35 bits per heavy atom. The molecule has 0 atom stereocenters. The summed E-state index contributed by atoms with van der Waals surface area (Å²) >= 11 is 0. The van der Waals surface area contributed by atoms with E-state index in [0.717, 1.165) is 35.9 Å². The zero-order valence-electron chi connectivity index (χ0n) is 12.6. The molecule has 2 heterocycles. The molecule has 0 aliphatic rings. The van der Waals surface area contributed by atoms with E-state index in [1.807, 2.05) is 24.6 Å². The van der Waals surface area contributed by atoms with Crippen molar-refractivity contribution in [1.29, 1.82) is 0 Å². The molecule has 6 heteroatoms. The highest BCUT2D eigenvalue weighted by Crippen LogP contribution is 2.15. The summed E-state index contributed by atoms with van der Waals surface area (Å²) in [6.45, 7) is 8.99. The van der Waals surface area contributed by atoms with Gasteiger partial charge in [0.1, 0.15) is 6.54 Å². The van der Waals surface area contributed by atoms with E-state index in [-0.39, 0.29) is 0 Å². The highest BCUT2D eigenvalue weighted by Gasteiger charge is 2.12. The Morgan fingerprint density at radius 2 is 2.15 bits per heavy atom. The number of aryl methyl sites for hydroxylation is 2. The van der Waals surface area contributed by atoms with Crippen molar-refractivity contribution in [2.45, 2.75) is 33.9 Å². The number of hydrogen-bond acceptors (Lipinski definition) is 5. The predicted molar refractivity (Wildman–Crippen MR) is 75.6 cm³/mol. The molecule has 0 unspecified atom stereocenters. The number of hydrogen-bond donors (Lipinski definition) is 1. The Hall–Kier alpha value is -1.66. The molecule has 2 aromatic heterocycles. The molecule has 110 valence electrons. The molecule has 0 aliphatic carbocycles. The number of aromatic nitrogens is 3. The zero-order valence-corrected chi connectivity index (χ0v) is 12.6. The Morgan fingerprint density at radius 3 is 2.80 bits per heavy atom. The van der Waals surface area contributed by atoms with Crippen molar-refractivity contribution in [3.05, 3.63) is 34.5 Å². The third kappa shape index (κ3) is 3.46. The average molecular weight is 278 g/mol. The number of methoxy groups -OCH3 is 1. The zero-order chi connectivity index (χ0) is 14.5. The quantitative estimate of drug-likeness (QED) is 0.779. The summed E-state index contributed by atoms with van der Waals surface area (Å²) in [6, 6.07) is 1.94. The lowest BCUT2D eigenvalue weighted by Gasteiger charge is -2.05. The Kier molecular flexibility index (Phi) is 4.92. The minimum absolute atomic E-state index is 0.617. The van der Waals surface area contributed by atoms with Crippen LogP contribution in [-0.4, -0.2) is 35.2 Å². The van der Waals surface area contributed by atoms with Gasteiger partial charge in [-0.2, -0.15) is 5.10 Å². The molecule has 1 N–H and O–H groups in total. The summed E-state index contributed by atoms with van der Waals surface area (Å²) < 4.78 is 12.2. The van der Waals surface area contributed by atoms with Gasteiger partial charge < -0.3 is 14.6 Å². The molecule has 0 bridgehead atoms. The van der Waals surface area contributed by atoms with Crippen LogP contribution in [0.4, 0.5) is 0 Å². The molecule has 2 rings (SSSR count). The number of nitrogens with one attached hydrogen (secondary N) is 1. The Labute approximate surface area is 119 Å². The summed E-state index contributed by atoms with van der Waals surface area (Å²) in [4.78, 5) is 0. The van der Waals surface area contributed by atoms with E-state index in [2.05, 4.69) is 22.5 Å². The summed E-state index contributed by atoms with van der Waals surface area (Å²) in [5.74, 6) is 0.826. The minimum atomic E-state index is 0.617. The molecule has 0 aliphatic heterocycles. The molecular formula is C14H22N4O2. The van der Waals surface area contributed by atoms with Gasteiger partial charge in [0.05, 0.1) is 18.0 Å². The Bertz CT molecular complexity index is 560. The normalized spacial score (nSPS) is 11.2. The fraction of sp³-hybridized carbons (Fsp3) is 0.571. The van der Waals surface area contributed by atoms with E-state index < -0.39 is 0 Å². The first-order chi connectivity index (χ1) is 9.61. The smallest absolute Gasteiger partial charge is 0.158 e. The minimum Gasteiger partial charge on any atom is -0.383 e. The second-order valence-corrected chi connectivity index (χ2v) is 4.91. The number of nitrogens with zero attached hydrogens (tertiary/aromatic N) is 3. The monoisotopic (exact) mass is 278 g/mol. The lowest BCUT2D eigenvalue weighted by molar-refractivity contribution is 0.199.